The fraction of sp³-hybridized carbons (Fsp3) is 1.00. The lowest BCUT2D eigenvalue weighted by Gasteiger charge is -2.51. The minimum atomic E-state index is -0.477. The molecule has 0 heterocycles. The van der Waals surface area contributed by atoms with E-state index in [-0.39, 0.29) is 5.41 Å². The summed E-state index contributed by atoms with van der Waals surface area (Å²) in [5, 5.41) is 11.2. The summed E-state index contributed by atoms with van der Waals surface area (Å²) >= 11 is 0. The quantitative estimate of drug-likeness (QED) is 0.774. The Morgan fingerprint density at radius 2 is 2.00 bits per heavy atom. The fourth-order valence-electron chi connectivity index (χ4n) is 4.25. The van der Waals surface area contributed by atoms with Crippen molar-refractivity contribution in [2.24, 2.45) is 23.0 Å². The highest BCUT2D eigenvalue weighted by Crippen LogP contribution is 2.57. The average molecular weight is 239 g/mol. The normalized spacial score (nSPS) is 37.8. The molecule has 3 unspecified atom stereocenters. The van der Waals surface area contributed by atoms with E-state index in [4.69, 9.17) is 5.73 Å². The molecular weight excluding hydrogens is 210 g/mol. The van der Waals surface area contributed by atoms with Gasteiger partial charge in [0.25, 0.3) is 0 Å². The van der Waals surface area contributed by atoms with Crippen molar-refractivity contribution < 1.29 is 5.11 Å². The number of hydrogen-bond donors (Lipinski definition) is 2. The molecule has 0 aliphatic heterocycles. The fourth-order valence-corrected chi connectivity index (χ4v) is 4.25. The van der Waals surface area contributed by atoms with Crippen LogP contribution in [-0.2, 0) is 0 Å². The Bertz CT molecular complexity index is 264. The molecule has 0 aromatic heterocycles. The number of rotatable bonds is 5. The topological polar surface area (TPSA) is 46.2 Å². The van der Waals surface area contributed by atoms with Crippen LogP contribution in [0.2, 0.25) is 0 Å². The average Bonchev–Trinajstić information content (AvgIpc) is 3.22. The van der Waals surface area contributed by atoms with Crippen LogP contribution in [-0.4, -0.2) is 17.3 Å². The molecule has 3 N–H and O–H groups in total. The molecule has 0 amide bonds. The summed E-state index contributed by atoms with van der Waals surface area (Å²) in [4.78, 5) is 0. The van der Waals surface area contributed by atoms with E-state index < -0.39 is 5.60 Å². The molecule has 0 spiro atoms. The number of hydrogen-bond acceptors (Lipinski definition) is 2. The van der Waals surface area contributed by atoms with Crippen LogP contribution in [0.15, 0.2) is 0 Å². The van der Waals surface area contributed by atoms with Crippen LogP contribution < -0.4 is 5.73 Å². The van der Waals surface area contributed by atoms with Crippen molar-refractivity contribution >= 4 is 0 Å². The highest BCUT2D eigenvalue weighted by atomic mass is 16.3. The van der Waals surface area contributed by atoms with Gasteiger partial charge in [-0.05, 0) is 43.9 Å². The zero-order valence-electron chi connectivity index (χ0n) is 11.5. The zero-order valence-corrected chi connectivity index (χ0v) is 11.5. The molecule has 2 heteroatoms. The first-order chi connectivity index (χ1) is 8.12. The van der Waals surface area contributed by atoms with Crippen LogP contribution in [0.5, 0.6) is 0 Å². The maximum absolute atomic E-state index is 11.2. The predicted octanol–water partition coefficient (Wildman–Crippen LogP) is 3.08. The maximum atomic E-state index is 11.2. The third kappa shape index (κ3) is 2.15. The van der Waals surface area contributed by atoms with Crippen LogP contribution in [0.1, 0.15) is 65.2 Å². The monoisotopic (exact) mass is 239 g/mol. The Morgan fingerprint density at radius 1 is 1.29 bits per heavy atom. The third-order valence-electron chi connectivity index (χ3n) is 5.63. The van der Waals surface area contributed by atoms with Crippen molar-refractivity contribution in [2.45, 2.75) is 70.8 Å². The Balaban J connectivity index is 2.22. The summed E-state index contributed by atoms with van der Waals surface area (Å²) in [6.45, 7) is 5.09. The molecule has 0 saturated heterocycles. The zero-order chi connectivity index (χ0) is 12.5. The van der Waals surface area contributed by atoms with Crippen molar-refractivity contribution in [3.8, 4) is 0 Å². The van der Waals surface area contributed by atoms with E-state index in [1.807, 2.05) is 0 Å². The minimum Gasteiger partial charge on any atom is -0.389 e. The van der Waals surface area contributed by atoms with Gasteiger partial charge in [0.15, 0.2) is 0 Å². The molecule has 0 aromatic carbocycles. The first-order valence-electron chi connectivity index (χ1n) is 7.54. The summed E-state index contributed by atoms with van der Waals surface area (Å²) in [6.07, 6.45) is 9.43. The van der Waals surface area contributed by atoms with E-state index in [0.717, 1.165) is 25.2 Å². The van der Waals surface area contributed by atoms with Gasteiger partial charge in [-0.25, -0.2) is 0 Å². The Kier molecular flexibility index (Phi) is 3.84. The van der Waals surface area contributed by atoms with Gasteiger partial charge < -0.3 is 10.8 Å². The van der Waals surface area contributed by atoms with E-state index in [1.165, 1.54) is 32.1 Å². The smallest absolute Gasteiger partial charge is 0.0741 e. The summed E-state index contributed by atoms with van der Waals surface area (Å²) in [7, 11) is 0. The van der Waals surface area contributed by atoms with Crippen molar-refractivity contribution in [3.63, 3.8) is 0 Å². The van der Waals surface area contributed by atoms with E-state index in [1.54, 1.807) is 0 Å². The molecule has 2 aliphatic rings. The second-order valence-corrected chi connectivity index (χ2v) is 6.41. The summed E-state index contributed by atoms with van der Waals surface area (Å²) in [6, 6.07) is 0. The second-order valence-electron chi connectivity index (χ2n) is 6.41. The van der Waals surface area contributed by atoms with E-state index in [0.29, 0.717) is 12.5 Å². The molecule has 17 heavy (non-hydrogen) atoms. The molecule has 0 aromatic rings. The van der Waals surface area contributed by atoms with Crippen molar-refractivity contribution in [1.82, 2.24) is 0 Å². The van der Waals surface area contributed by atoms with Crippen LogP contribution >= 0.6 is 0 Å². The highest BCUT2D eigenvalue weighted by molar-refractivity contribution is 5.08. The molecular formula is C15H29NO. The Morgan fingerprint density at radius 3 is 2.47 bits per heavy atom. The second kappa shape index (κ2) is 4.89. The lowest BCUT2D eigenvalue weighted by Crippen LogP contribution is -2.56. The SMILES string of the molecule is CCC1CCCC(CN)(C(O)(CC)C2CC2)C1. The third-order valence-corrected chi connectivity index (χ3v) is 5.63. The van der Waals surface area contributed by atoms with Gasteiger partial charge in [-0.3, -0.25) is 0 Å². The highest BCUT2D eigenvalue weighted by Gasteiger charge is 2.56. The molecule has 100 valence electrons. The van der Waals surface area contributed by atoms with Crippen molar-refractivity contribution in [2.75, 3.05) is 6.54 Å². The van der Waals surface area contributed by atoms with Gasteiger partial charge in [0.05, 0.1) is 5.60 Å². The predicted molar refractivity (Wildman–Crippen MR) is 71.7 cm³/mol. The molecule has 0 radical (unpaired) electrons. The van der Waals surface area contributed by atoms with Gasteiger partial charge >= 0.3 is 0 Å². The lowest BCUT2D eigenvalue weighted by atomic mass is 9.58. The van der Waals surface area contributed by atoms with Gasteiger partial charge in [-0.1, -0.05) is 33.1 Å². The molecule has 2 fully saturated rings. The van der Waals surface area contributed by atoms with Crippen LogP contribution in [0, 0.1) is 17.3 Å². The van der Waals surface area contributed by atoms with E-state index in [2.05, 4.69) is 13.8 Å². The van der Waals surface area contributed by atoms with Crippen molar-refractivity contribution in [3.05, 3.63) is 0 Å². The molecule has 2 saturated carbocycles. The molecule has 3 atom stereocenters. The molecule has 2 nitrogen and oxygen atoms in total. The van der Waals surface area contributed by atoms with E-state index in [9.17, 15) is 5.11 Å². The minimum absolute atomic E-state index is 0.0157. The summed E-state index contributed by atoms with van der Waals surface area (Å²) in [5.41, 5.74) is 5.66. The molecule has 2 aliphatic carbocycles. The van der Waals surface area contributed by atoms with E-state index >= 15 is 0 Å². The van der Waals surface area contributed by atoms with Gasteiger partial charge in [-0.15, -0.1) is 0 Å². The Labute approximate surface area is 106 Å². The van der Waals surface area contributed by atoms with Crippen LogP contribution in [0.25, 0.3) is 0 Å². The molecule has 0 bridgehead atoms. The van der Waals surface area contributed by atoms with Crippen LogP contribution in [0.3, 0.4) is 0 Å². The van der Waals surface area contributed by atoms with Crippen molar-refractivity contribution in [1.29, 1.82) is 0 Å². The summed E-state index contributed by atoms with van der Waals surface area (Å²) < 4.78 is 0. The standard InChI is InChI=1S/C15H29NO/c1-3-12-6-5-9-14(10-12,11-16)15(17,4-2)13-7-8-13/h12-13,17H,3-11,16H2,1-2H3. The number of aliphatic hydroxyl groups is 1. The van der Waals surface area contributed by atoms with Crippen LogP contribution in [0.4, 0.5) is 0 Å². The summed E-state index contributed by atoms with van der Waals surface area (Å²) in [5.74, 6) is 1.32. The first kappa shape index (κ1) is 13.4. The van der Waals surface area contributed by atoms with Gasteiger partial charge in [0, 0.05) is 12.0 Å². The van der Waals surface area contributed by atoms with Gasteiger partial charge in [0.2, 0.25) is 0 Å². The largest absolute Gasteiger partial charge is 0.389 e. The first-order valence-corrected chi connectivity index (χ1v) is 7.54. The Hall–Kier alpha value is -0.0800. The lowest BCUT2D eigenvalue weighted by molar-refractivity contribution is -0.127. The maximum Gasteiger partial charge on any atom is 0.0741 e. The number of nitrogens with two attached hydrogens (primary N) is 1. The molecule has 2 rings (SSSR count). The van der Waals surface area contributed by atoms with Gasteiger partial charge in [-0.2, -0.15) is 0 Å². The van der Waals surface area contributed by atoms with Gasteiger partial charge in [0.1, 0.15) is 0 Å².